The number of allylic oxidation sites excluding steroid dienone is 6. The Morgan fingerprint density at radius 3 is 0.946 bits per heavy atom. The number of unbranched alkanes of at least 4 members (excludes halogenated alkanes) is 24. The molecule has 0 spiro atoms. The molecular formula is C128H128F4N8O2S7. The second kappa shape index (κ2) is 47.5. The molecule has 0 amide bonds. The van der Waals surface area contributed by atoms with E-state index in [2.05, 4.69) is 156 Å². The summed E-state index contributed by atoms with van der Waals surface area (Å²) in [4.78, 5) is 43.6. The van der Waals surface area contributed by atoms with Crippen molar-refractivity contribution >= 4 is 156 Å². The minimum Gasteiger partial charge on any atom is -0.289 e. The first-order valence-corrected chi connectivity index (χ1v) is 60.3. The van der Waals surface area contributed by atoms with Gasteiger partial charge in [-0.1, -0.05) is 307 Å². The fourth-order valence-electron chi connectivity index (χ4n) is 23.8. The third-order valence-corrected chi connectivity index (χ3v) is 38.7. The first kappa shape index (κ1) is 106. The van der Waals surface area contributed by atoms with Crippen LogP contribution >= 0.6 is 80.1 Å². The van der Waals surface area contributed by atoms with Crippen LogP contribution in [0.25, 0.3) is 114 Å². The number of thiophene rings is 5. The van der Waals surface area contributed by atoms with E-state index in [-0.39, 0.29) is 44.5 Å². The topological polar surface area (TPSA) is 142 Å². The van der Waals surface area contributed by atoms with Gasteiger partial charge >= 0.3 is 0 Å². The second-order valence-electron chi connectivity index (χ2n) is 41.5. The summed E-state index contributed by atoms with van der Waals surface area (Å²) in [6.45, 7) is 34.7. The maximum Gasteiger partial charge on any atom is 0.270 e. The summed E-state index contributed by atoms with van der Waals surface area (Å²) in [7, 11) is 0. The quantitative estimate of drug-likeness (QED) is 0.0121. The number of aryl methyl sites for hydroxylation is 8. The first-order valence-electron chi connectivity index (χ1n) is 54.8. The number of halogens is 4. The highest BCUT2D eigenvalue weighted by Crippen LogP contribution is 2.73. The van der Waals surface area contributed by atoms with E-state index in [4.69, 9.17) is 30.6 Å². The molecule has 0 aliphatic heterocycles. The molecule has 4 aliphatic carbocycles. The lowest BCUT2D eigenvalue weighted by Gasteiger charge is -2.35. The standard InChI is InChI=1S/C128H128F4N8O2S7/c1-11-19-27-35-43-77-55-78(44-36-28-20-12-2)60-87(59-77)127(88-61-79(45-37-29-21-13-3)56-80(62-88)46-38-30-22-14-4)99-73-106(91-53-51-85(114-116(91)139-148-137-114)67-97-109(104(75-133)135-9)93-69-100(129)102(131)71-95(93)118(97)141)143-120(99)122-112(127)124-126(146-122)113-125(147-124)123-111(121-108(145-123)74-107(144-121)92-54-52-86(115-117(92)140-149-138-115)68-98-110(105(76-134)136-10)94-70-101(130)103(132)72-96(94)119(98)142)128(113,89-63-81(47-39-31-23-15-5)57-82(64-89)48-40-32-24-16-6)90-65-83(49-41-33-25-17-7)58-84(66-90)50-42-34-26-18-8/h51-74H,11-50H2,1-8H3/b97-67-,98-68-,109-104-,110-105+. The predicted molar refractivity (Wildman–Crippen MR) is 617 cm³/mol. The largest absolute Gasteiger partial charge is 0.289 e. The number of fused-ring (bicyclic) bond motifs is 15. The molecule has 8 aromatic carbocycles. The zero-order valence-corrected chi connectivity index (χ0v) is 92.6. The maximum absolute atomic E-state index is 15.4. The molecule has 21 heteroatoms. The molecule has 0 unspecified atom stereocenters. The van der Waals surface area contributed by atoms with Gasteiger partial charge in [0, 0.05) is 86.8 Å². The number of carbonyl (C=O) groups is 2. The van der Waals surface area contributed by atoms with Gasteiger partial charge in [-0.05, 0) is 235 Å². The van der Waals surface area contributed by atoms with E-state index in [1.54, 1.807) is 12.2 Å². The van der Waals surface area contributed by atoms with E-state index in [9.17, 15) is 20.1 Å². The number of nitriles is 2. The summed E-state index contributed by atoms with van der Waals surface area (Å²) in [5.41, 5.74) is 23.2. The molecule has 0 bridgehead atoms. The monoisotopic (exact) mass is 2110 g/mol. The third kappa shape index (κ3) is 20.5. The lowest BCUT2D eigenvalue weighted by atomic mass is 9.65. The van der Waals surface area contributed by atoms with Crippen LogP contribution in [-0.4, -0.2) is 29.1 Å². The summed E-state index contributed by atoms with van der Waals surface area (Å²) in [5.74, 6) is -6.07. The number of ketones is 2. The molecule has 19 rings (SSSR count). The molecule has 149 heavy (non-hydrogen) atoms. The van der Waals surface area contributed by atoms with Crippen molar-refractivity contribution in [1.29, 1.82) is 10.5 Å². The second-order valence-corrected chi connectivity index (χ2v) is 47.7. The zero-order chi connectivity index (χ0) is 104. The highest BCUT2D eigenvalue weighted by atomic mass is 32.1. The van der Waals surface area contributed by atoms with Crippen molar-refractivity contribution < 1.29 is 27.2 Å². The number of aromatic nitrogens is 4. The average Bonchev–Trinajstić information content (AvgIpc) is 1.47. The Labute approximate surface area is 903 Å². The van der Waals surface area contributed by atoms with Crippen LogP contribution in [0, 0.1) is 59.1 Å². The fourth-order valence-corrected chi connectivity index (χ4v) is 32.4. The number of rotatable bonds is 48. The van der Waals surface area contributed by atoms with Gasteiger partial charge in [-0.15, -0.1) is 56.7 Å². The van der Waals surface area contributed by atoms with Crippen LogP contribution in [0.2, 0.25) is 0 Å². The molecular weight excluding hydrogens is 1980 g/mol. The smallest absolute Gasteiger partial charge is 0.270 e. The minimum absolute atomic E-state index is 0.0116. The van der Waals surface area contributed by atoms with E-state index in [1.165, 1.54) is 123 Å². The Balaban J connectivity index is 0.932. The predicted octanol–water partition coefficient (Wildman–Crippen LogP) is 38.8. The van der Waals surface area contributed by atoms with Crippen molar-refractivity contribution in [3.8, 4) is 52.5 Å². The van der Waals surface area contributed by atoms with Crippen molar-refractivity contribution in [3.63, 3.8) is 0 Å². The first-order chi connectivity index (χ1) is 72.8. The minimum atomic E-state index is -1.21. The molecule has 762 valence electrons. The third-order valence-electron chi connectivity index (χ3n) is 31.2. The summed E-state index contributed by atoms with van der Waals surface area (Å²) >= 11 is 11.7. The molecule has 15 aromatic rings. The van der Waals surface area contributed by atoms with Gasteiger partial charge in [0.2, 0.25) is 0 Å². The van der Waals surface area contributed by atoms with E-state index >= 15 is 17.6 Å². The molecule has 0 saturated carbocycles. The summed E-state index contributed by atoms with van der Waals surface area (Å²) in [6.07, 6.45) is 46.7. The van der Waals surface area contributed by atoms with Gasteiger partial charge in [0.05, 0.1) is 93.2 Å². The summed E-state index contributed by atoms with van der Waals surface area (Å²) in [6, 6.07) is 52.0. The van der Waals surface area contributed by atoms with Crippen molar-refractivity contribution in [3.05, 3.63) is 324 Å². The number of nitrogens with zero attached hydrogens (tertiary/aromatic N) is 8. The molecule has 0 radical (unpaired) electrons. The SMILES string of the molecule is [C-]#[N+]/C(C#N)=C1\C(=C\c2ccc(-c3cc4c(s3)-c3sc5c6c(sc5c3C4(c3cc(CCCCCC)cc(CCCCCC)c3)c3cc(CCCCCC)cc(CCCCCC)c3)-c3sc4cc(-c5ccc(/C=C7\C(=O)c8cc(F)c(F)cc8\C7=C(\C#N)[N+]#[C-])c7nsnc57)sc4c3C6(c3cc(CCCCCC)cc(CCCCCC)c3)c3cc(CCCCCC)cc(CCCCCC)c3)c3nsnc23)C(=O)c2cc(F)c(F)cc21. The number of carbonyl (C=O) groups excluding carboxylic acids is 2. The molecule has 10 nitrogen and oxygen atoms in total. The number of Topliss-reactive ketones (excluding diaryl/α,β-unsaturated/α-hetero) is 2. The molecule has 4 aliphatic rings. The van der Waals surface area contributed by atoms with Crippen LogP contribution in [0.3, 0.4) is 0 Å². The molecule has 0 N–H and O–H groups in total. The van der Waals surface area contributed by atoms with E-state index in [0.29, 0.717) is 33.2 Å². The van der Waals surface area contributed by atoms with Gasteiger partial charge in [0.15, 0.2) is 34.8 Å². The zero-order valence-electron chi connectivity index (χ0n) is 86.9. The number of benzene rings is 8. The Kier molecular flexibility index (Phi) is 33.8. The van der Waals surface area contributed by atoms with Crippen LogP contribution in [-0.2, 0) is 62.2 Å². The van der Waals surface area contributed by atoms with E-state index in [1.807, 2.05) is 87.0 Å². The lowest BCUT2D eigenvalue weighted by molar-refractivity contribution is 0.103. The Hall–Kier alpha value is -11.6. The molecule has 0 fully saturated rings. The summed E-state index contributed by atoms with van der Waals surface area (Å²) in [5, 5.41) is 21.0. The molecule has 7 aromatic heterocycles. The van der Waals surface area contributed by atoms with Gasteiger partial charge in [-0.25, -0.2) is 37.8 Å². The average molecular weight is 2110 g/mol. The van der Waals surface area contributed by atoms with Crippen LogP contribution in [0.15, 0.2) is 156 Å². The highest BCUT2D eigenvalue weighted by molar-refractivity contribution is 7.37. The van der Waals surface area contributed by atoms with Crippen LogP contribution in [0.5, 0.6) is 0 Å². The Morgan fingerprint density at radius 2 is 0.617 bits per heavy atom. The van der Waals surface area contributed by atoms with Gasteiger partial charge in [0.25, 0.3) is 11.4 Å². The lowest BCUT2D eigenvalue weighted by Crippen LogP contribution is -2.30. The van der Waals surface area contributed by atoms with Crippen LogP contribution < -0.4 is 0 Å². The Morgan fingerprint density at radius 1 is 0.322 bits per heavy atom. The molecule has 0 saturated heterocycles. The maximum atomic E-state index is 15.4. The highest BCUT2D eigenvalue weighted by Gasteiger charge is 2.57. The molecule has 7 heterocycles. The van der Waals surface area contributed by atoms with Gasteiger partial charge < -0.3 is 0 Å². The van der Waals surface area contributed by atoms with Crippen molar-refractivity contribution in [2.75, 3.05) is 0 Å². The normalized spacial score (nSPS) is 14.9. The van der Waals surface area contributed by atoms with Gasteiger partial charge in [0.1, 0.15) is 22.1 Å². The fraction of sp³-hybridized carbons (Fsp3) is 0.391. The van der Waals surface area contributed by atoms with E-state index < -0.39 is 57.1 Å². The van der Waals surface area contributed by atoms with Crippen LogP contribution in [0.1, 0.15) is 393 Å². The van der Waals surface area contributed by atoms with Gasteiger partial charge in [-0.3, -0.25) is 9.59 Å². The van der Waals surface area contributed by atoms with Crippen molar-refractivity contribution in [1.82, 2.24) is 17.5 Å². The van der Waals surface area contributed by atoms with Crippen LogP contribution in [0.4, 0.5) is 17.6 Å². The number of hydrogen-bond donors (Lipinski definition) is 0. The number of hydrogen-bond acceptors (Lipinski definition) is 15. The molecule has 0 atom stereocenters. The van der Waals surface area contributed by atoms with Gasteiger partial charge in [-0.2, -0.15) is 17.5 Å². The van der Waals surface area contributed by atoms with Crippen molar-refractivity contribution in [2.24, 2.45) is 0 Å². The summed E-state index contributed by atoms with van der Waals surface area (Å²) < 4.78 is 86.7. The Bertz CT molecular complexity index is 7680. The van der Waals surface area contributed by atoms with Crippen molar-refractivity contribution in [2.45, 2.75) is 323 Å². The van der Waals surface area contributed by atoms with E-state index in [0.717, 1.165) is 330 Å².